The number of rotatable bonds is 13. The molecule has 4 amide bonds. The number of benzene rings is 1. The van der Waals surface area contributed by atoms with E-state index in [-0.39, 0.29) is 18.1 Å². The highest BCUT2D eigenvalue weighted by molar-refractivity contribution is 5.96. The summed E-state index contributed by atoms with van der Waals surface area (Å²) in [5.74, 6) is -4.50. The van der Waals surface area contributed by atoms with Crippen molar-refractivity contribution in [2.24, 2.45) is 11.7 Å². The van der Waals surface area contributed by atoms with E-state index < -0.39 is 60.2 Å². The zero-order valence-corrected chi connectivity index (χ0v) is 20.5. The monoisotopic (exact) mass is 505 g/mol. The Morgan fingerprint density at radius 2 is 1.69 bits per heavy atom. The molecule has 1 heterocycles. The van der Waals surface area contributed by atoms with Gasteiger partial charge in [-0.2, -0.15) is 0 Å². The Bertz CT molecular complexity index is 947. The number of carboxylic acids is 1. The van der Waals surface area contributed by atoms with Crippen LogP contribution in [0.3, 0.4) is 0 Å². The number of amides is 4. The average molecular weight is 506 g/mol. The number of carbonyl (C=O) groups excluding carboxylic acids is 4. The maximum absolute atomic E-state index is 13.2. The average Bonchev–Trinajstić information content (AvgIpc) is 3.37. The first-order chi connectivity index (χ1) is 17.0. The predicted molar refractivity (Wildman–Crippen MR) is 130 cm³/mol. The summed E-state index contributed by atoms with van der Waals surface area (Å²) >= 11 is 0. The Balaban J connectivity index is 2.22. The predicted octanol–water partition coefficient (Wildman–Crippen LogP) is -0.853. The molecule has 0 bridgehead atoms. The number of nitrogens with one attached hydrogen (secondary N) is 4. The Hall–Kier alpha value is -3.67. The number of phenols is 1. The van der Waals surface area contributed by atoms with Crippen LogP contribution in [0.25, 0.3) is 0 Å². The maximum atomic E-state index is 13.2. The quantitative estimate of drug-likeness (QED) is 0.180. The van der Waals surface area contributed by atoms with E-state index in [0.29, 0.717) is 24.9 Å². The van der Waals surface area contributed by atoms with Gasteiger partial charge in [0.15, 0.2) is 0 Å². The molecule has 1 aliphatic rings. The molecule has 0 spiro atoms. The molecule has 2 rings (SSSR count). The minimum absolute atomic E-state index is 0.0337. The SMILES string of the molecule is CCC(C)C(NC(=O)C(CC(N)=O)NC(=O)C(Cc1ccc(O)cc1)NC(=O)C1CCCN1)C(=O)O. The van der Waals surface area contributed by atoms with Crippen LogP contribution in [0.5, 0.6) is 5.75 Å². The molecular weight excluding hydrogens is 470 g/mol. The summed E-state index contributed by atoms with van der Waals surface area (Å²) < 4.78 is 0. The lowest BCUT2D eigenvalue weighted by atomic mass is 9.98. The van der Waals surface area contributed by atoms with Gasteiger partial charge in [-0.05, 0) is 43.0 Å². The Morgan fingerprint density at radius 3 is 2.22 bits per heavy atom. The van der Waals surface area contributed by atoms with Crippen LogP contribution in [-0.4, -0.2) is 70.5 Å². The maximum Gasteiger partial charge on any atom is 0.326 e. The van der Waals surface area contributed by atoms with E-state index in [1.807, 2.05) is 0 Å². The number of phenolic OH excluding ortho intramolecular Hbond substituents is 1. The van der Waals surface area contributed by atoms with E-state index in [1.54, 1.807) is 26.0 Å². The molecule has 12 nitrogen and oxygen atoms in total. The lowest BCUT2D eigenvalue weighted by molar-refractivity contribution is -0.144. The minimum atomic E-state index is -1.44. The summed E-state index contributed by atoms with van der Waals surface area (Å²) in [6, 6.07) is 1.82. The number of aromatic hydroxyl groups is 1. The fraction of sp³-hybridized carbons (Fsp3) is 0.542. The molecule has 198 valence electrons. The van der Waals surface area contributed by atoms with Gasteiger partial charge in [-0.25, -0.2) is 4.79 Å². The van der Waals surface area contributed by atoms with Crippen molar-refractivity contribution in [3.63, 3.8) is 0 Å². The van der Waals surface area contributed by atoms with Crippen LogP contribution in [0, 0.1) is 5.92 Å². The molecule has 36 heavy (non-hydrogen) atoms. The molecule has 8 N–H and O–H groups in total. The Labute approximate surface area is 209 Å². The van der Waals surface area contributed by atoms with Gasteiger partial charge in [0.05, 0.1) is 12.5 Å². The van der Waals surface area contributed by atoms with E-state index in [1.165, 1.54) is 12.1 Å². The molecule has 0 saturated carbocycles. The van der Waals surface area contributed by atoms with E-state index in [4.69, 9.17) is 5.73 Å². The largest absolute Gasteiger partial charge is 0.508 e. The van der Waals surface area contributed by atoms with E-state index >= 15 is 0 Å². The van der Waals surface area contributed by atoms with Gasteiger partial charge in [0.2, 0.25) is 23.6 Å². The lowest BCUT2D eigenvalue weighted by Gasteiger charge is -2.26. The fourth-order valence-corrected chi connectivity index (χ4v) is 3.88. The molecule has 12 heteroatoms. The summed E-state index contributed by atoms with van der Waals surface area (Å²) in [4.78, 5) is 62.1. The molecule has 1 aromatic carbocycles. The zero-order valence-electron chi connectivity index (χ0n) is 20.5. The summed E-state index contributed by atoms with van der Waals surface area (Å²) in [5, 5.41) is 29.6. The number of aliphatic carboxylic acids is 1. The van der Waals surface area contributed by atoms with Crippen molar-refractivity contribution in [1.29, 1.82) is 0 Å². The van der Waals surface area contributed by atoms with Crippen LogP contribution < -0.4 is 27.0 Å². The smallest absolute Gasteiger partial charge is 0.326 e. The van der Waals surface area contributed by atoms with Gasteiger partial charge in [0.25, 0.3) is 0 Å². The van der Waals surface area contributed by atoms with Crippen molar-refractivity contribution in [1.82, 2.24) is 21.3 Å². The van der Waals surface area contributed by atoms with Gasteiger partial charge < -0.3 is 37.2 Å². The number of carboxylic acid groups (broad SMARTS) is 1. The van der Waals surface area contributed by atoms with Crippen LogP contribution in [0.1, 0.15) is 45.1 Å². The van der Waals surface area contributed by atoms with E-state index in [0.717, 1.165) is 6.42 Å². The zero-order chi connectivity index (χ0) is 26.8. The first kappa shape index (κ1) is 28.6. The normalized spacial score (nSPS) is 18.3. The minimum Gasteiger partial charge on any atom is -0.508 e. The third-order valence-electron chi connectivity index (χ3n) is 6.20. The van der Waals surface area contributed by atoms with E-state index in [2.05, 4.69) is 21.3 Å². The summed E-state index contributed by atoms with van der Waals surface area (Å²) in [6.07, 6.45) is 1.38. The first-order valence-corrected chi connectivity index (χ1v) is 11.9. The van der Waals surface area contributed by atoms with Gasteiger partial charge in [-0.1, -0.05) is 32.4 Å². The van der Waals surface area contributed by atoms with Gasteiger partial charge >= 0.3 is 5.97 Å². The van der Waals surface area contributed by atoms with Crippen LogP contribution in [0.2, 0.25) is 0 Å². The summed E-state index contributed by atoms with van der Waals surface area (Å²) in [7, 11) is 0. The van der Waals surface area contributed by atoms with Crippen molar-refractivity contribution in [3.8, 4) is 5.75 Å². The highest BCUT2D eigenvalue weighted by atomic mass is 16.4. The highest BCUT2D eigenvalue weighted by Crippen LogP contribution is 2.13. The number of hydrogen-bond donors (Lipinski definition) is 7. The van der Waals surface area contributed by atoms with Gasteiger partial charge in [-0.3, -0.25) is 19.2 Å². The molecule has 0 radical (unpaired) electrons. The van der Waals surface area contributed by atoms with Crippen molar-refractivity contribution in [2.75, 3.05) is 6.54 Å². The topological polar surface area (TPSA) is 200 Å². The van der Waals surface area contributed by atoms with E-state index in [9.17, 15) is 34.2 Å². The number of primary amides is 1. The van der Waals surface area contributed by atoms with Crippen molar-refractivity contribution >= 4 is 29.6 Å². The van der Waals surface area contributed by atoms with Crippen molar-refractivity contribution in [2.45, 2.75) is 70.1 Å². The second-order valence-electron chi connectivity index (χ2n) is 9.02. The van der Waals surface area contributed by atoms with Crippen molar-refractivity contribution < 1.29 is 34.2 Å². The highest BCUT2D eigenvalue weighted by Gasteiger charge is 2.33. The first-order valence-electron chi connectivity index (χ1n) is 11.9. The van der Waals surface area contributed by atoms with Crippen LogP contribution in [0.4, 0.5) is 0 Å². The Kier molecular flexibility index (Phi) is 10.7. The molecule has 0 aromatic heterocycles. The third kappa shape index (κ3) is 8.52. The molecule has 5 unspecified atom stereocenters. The van der Waals surface area contributed by atoms with Crippen LogP contribution >= 0.6 is 0 Å². The molecule has 1 saturated heterocycles. The standard InChI is InChI=1S/C24H35N5O7/c1-3-13(2)20(24(35)36)29-23(34)18(12-19(25)31)28-22(33)17(11-14-6-8-15(30)9-7-14)27-21(32)16-5-4-10-26-16/h6-9,13,16-18,20,26,30H,3-5,10-12H2,1-2H3,(H2,25,31)(H,27,32)(H,28,33)(H,29,34)(H,35,36). The molecule has 5 atom stereocenters. The number of nitrogens with two attached hydrogens (primary N) is 1. The van der Waals surface area contributed by atoms with Gasteiger partial charge in [-0.15, -0.1) is 0 Å². The third-order valence-corrected chi connectivity index (χ3v) is 6.20. The molecule has 0 aliphatic carbocycles. The number of hydrogen-bond acceptors (Lipinski definition) is 7. The van der Waals surface area contributed by atoms with Gasteiger partial charge in [0.1, 0.15) is 23.9 Å². The second kappa shape index (κ2) is 13.4. The molecule has 1 aromatic rings. The van der Waals surface area contributed by atoms with Crippen LogP contribution in [0.15, 0.2) is 24.3 Å². The lowest BCUT2D eigenvalue weighted by Crippen LogP contribution is -2.58. The summed E-state index contributed by atoms with van der Waals surface area (Å²) in [6.45, 7) is 4.10. The fourth-order valence-electron chi connectivity index (χ4n) is 3.88. The second-order valence-corrected chi connectivity index (χ2v) is 9.02. The van der Waals surface area contributed by atoms with Crippen molar-refractivity contribution in [3.05, 3.63) is 29.8 Å². The molecule has 1 aliphatic heterocycles. The van der Waals surface area contributed by atoms with Gasteiger partial charge in [0, 0.05) is 6.42 Å². The number of carbonyl (C=O) groups is 5. The molecular formula is C24H35N5O7. The van der Waals surface area contributed by atoms with Crippen LogP contribution in [-0.2, 0) is 30.4 Å². The Morgan fingerprint density at radius 1 is 1.06 bits per heavy atom. The molecule has 1 fully saturated rings. The summed E-state index contributed by atoms with van der Waals surface area (Å²) in [5.41, 5.74) is 5.90.